The Kier molecular flexibility index (Phi) is 3.39. The third-order valence-electron chi connectivity index (χ3n) is 4.52. The Morgan fingerprint density at radius 3 is 2.77 bits per heavy atom. The second-order valence-corrected chi connectivity index (χ2v) is 6.41. The van der Waals surface area contributed by atoms with Crippen molar-refractivity contribution in [3.8, 4) is 11.3 Å². The minimum atomic E-state index is -0.0496. The largest absolute Gasteiger partial charge is 0.355 e. The third kappa shape index (κ3) is 2.40. The zero-order chi connectivity index (χ0) is 15.1. The number of fused-ring (bicyclic) bond motifs is 1. The summed E-state index contributed by atoms with van der Waals surface area (Å²) in [4.78, 5) is 14.4. The van der Waals surface area contributed by atoms with E-state index in [0.29, 0.717) is 28.3 Å². The minimum Gasteiger partial charge on any atom is -0.355 e. The predicted octanol–water partition coefficient (Wildman–Crippen LogP) is 2.29. The Morgan fingerprint density at radius 2 is 2.05 bits per heavy atom. The van der Waals surface area contributed by atoms with Gasteiger partial charge in [0.15, 0.2) is 11.5 Å². The highest BCUT2D eigenvalue weighted by molar-refractivity contribution is 6.30. The van der Waals surface area contributed by atoms with E-state index in [1.54, 1.807) is 18.2 Å². The molecule has 1 amide bonds. The fourth-order valence-corrected chi connectivity index (χ4v) is 3.53. The van der Waals surface area contributed by atoms with E-state index >= 15 is 0 Å². The number of benzene rings is 1. The summed E-state index contributed by atoms with van der Waals surface area (Å²) in [7, 11) is 0. The standard InChI is InChI=1S/C16H16ClN3O2/c17-13-3-1-2-10(4-13)15-5-14(19-22-15)16(21)20-8-11-6-18-7-12(11)9-20/h1-5,11-12,18H,6-9H2/t11-,12+. The van der Waals surface area contributed by atoms with Gasteiger partial charge in [0.25, 0.3) is 5.91 Å². The van der Waals surface area contributed by atoms with Gasteiger partial charge in [0, 0.05) is 42.8 Å². The summed E-state index contributed by atoms with van der Waals surface area (Å²) in [5.41, 5.74) is 1.18. The van der Waals surface area contributed by atoms with E-state index in [9.17, 15) is 4.79 Å². The van der Waals surface area contributed by atoms with Crippen molar-refractivity contribution in [3.05, 3.63) is 41.0 Å². The number of likely N-dealkylation sites (tertiary alicyclic amines) is 1. The quantitative estimate of drug-likeness (QED) is 0.923. The van der Waals surface area contributed by atoms with Crippen LogP contribution in [0.25, 0.3) is 11.3 Å². The molecule has 4 rings (SSSR count). The van der Waals surface area contributed by atoms with Crippen molar-refractivity contribution in [3.63, 3.8) is 0 Å². The molecule has 3 heterocycles. The van der Waals surface area contributed by atoms with Gasteiger partial charge < -0.3 is 14.7 Å². The molecule has 0 spiro atoms. The van der Waals surface area contributed by atoms with Crippen LogP contribution in [-0.4, -0.2) is 42.1 Å². The molecular formula is C16H16ClN3O2. The van der Waals surface area contributed by atoms with Gasteiger partial charge in [-0.25, -0.2) is 0 Å². The number of rotatable bonds is 2. The van der Waals surface area contributed by atoms with Gasteiger partial charge in [0.2, 0.25) is 0 Å². The van der Waals surface area contributed by atoms with Gasteiger partial charge >= 0.3 is 0 Å². The molecule has 0 unspecified atom stereocenters. The first-order chi connectivity index (χ1) is 10.7. The van der Waals surface area contributed by atoms with Crippen molar-refractivity contribution in [2.24, 2.45) is 11.8 Å². The van der Waals surface area contributed by atoms with Crippen LogP contribution in [0.2, 0.25) is 5.02 Å². The molecule has 2 aliphatic heterocycles. The van der Waals surface area contributed by atoms with E-state index < -0.39 is 0 Å². The summed E-state index contributed by atoms with van der Waals surface area (Å²) in [5, 5.41) is 7.93. The van der Waals surface area contributed by atoms with Crippen LogP contribution in [0.5, 0.6) is 0 Å². The fourth-order valence-electron chi connectivity index (χ4n) is 3.34. The van der Waals surface area contributed by atoms with E-state index in [1.807, 2.05) is 17.0 Å². The highest BCUT2D eigenvalue weighted by atomic mass is 35.5. The highest BCUT2D eigenvalue weighted by Gasteiger charge is 2.38. The minimum absolute atomic E-state index is 0.0496. The van der Waals surface area contributed by atoms with Crippen LogP contribution in [0.15, 0.2) is 34.9 Å². The van der Waals surface area contributed by atoms with Crippen LogP contribution in [0, 0.1) is 11.8 Å². The first-order valence-corrected chi connectivity index (χ1v) is 7.81. The number of carbonyl (C=O) groups is 1. The maximum Gasteiger partial charge on any atom is 0.276 e. The van der Waals surface area contributed by atoms with E-state index in [0.717, 1.165) is 31.7 Å². The molecule has 0 radical (unpaired) electrons. The lowest BCUT2D eigenvalue weighted by Gasteiger charge is -2.15. The van der Waals surface area contributed by atoms with Gasteiger partial charge in [-0.15, -0.1) is 0 Å². The van der Waals surface area contributed by atoms with Crippen molar-refractivity contribution in [2.45, 2.75) is 0 Å². The second kappa shape index (κ2) is 5.41. The average molecular weight is 318 g/mol. The molecule has 2 atom stereocenters. The lowest BCUT2D eigenvalue weighted by molar-refractivity contribution is 0.0771. The number of nitrogens with zero attached hydrogens (tertiary/aromatic N) is 2. The molecule has 5 nitrogen and oxygen atoms in total. The molecule has 1 aromatic carbocycles. The Balaban J connectivity index is 1.53. The van der Waals surface area contributed by atoms with Crippen LogP contribution >= 0.6 is 11.6 Å². The Hall–Kier alpha value is -1.85. The zero-order valence-electron chi connectivity index (χ0n) is 12.0. The molecule has 1 aromatic heterocycles. The Bertz CT molecular complexity index is 703. The van der Waals surface area contributed by atoms with Gasteiger partial charge in [0.1, 0.15) is 0 Å². The maximum atomic E-state index is 12.5. The summed E-state index contributed by atoms with van der Waals surface area (Å²) in [6, 6.07) is 9.01. The summed E-state index contributed by atoms with van der Waals surface area (Å²) >= 11 is 5.98. The maximum absolute atomic E-state index is 12.5. The van der Waals surface area contributed by atoms with Crippen LogP contribution in [-0.2, 0) is 0 Å². The van der Waals surface area contributed by atoms with Crippen LogP contribution in [0.1, 0.15) is 10.5 Å². The van der Waals surface area contributed by atoms with E-state index in [-0.39, 0.29) is 5.91 Å². The molecule has 114 valence electrons. The smallest absolute Gasteiger partial charge is 0.276 e. The van der Waals surface area contributed by atoms with Crippen LogP contribution < -0.4 is 5.32 Å². The topological polar surface area (TPSA) is 58.4 Å². The number of carbonyl (C=O) groups excluding carboxylic acids is 1. The first-order valence-electron chi connectivity index (χ1n) is 7.43. The lowest BCUT2D eigenvalue weighted by atomic mass is 10.0. The molecule has 0 bridgehead atoms. The molecule has 2 aromatic rings. The number of hydrogen-bond donors (Lipinski definition) is 1. The van der Waals surface area contributed by atoms with Crippen molar-refractivity contribution in [1.29, 1.82) is 0 Å². The third-order valence-corrected chi connectivity index (χ3v) is 4.75. The molecule has 0 saturated carbocycles. The SMILES string of the molecule is O=C(c1cc(-c2cccc(Cl)c2)on1)N1C[C@H]2CNC[C@H]2C1. The molecule has 6 heteroatoms. The number of amides is 1. The van der Waals surface area contributed by atoms with Gasteiger partial charge in [-0.2, -0.15) is 0 Å². The van der Waals surface area contributed by atoms with Crippen LogP contribution in [0.3, 0.4) is 0 Å². The Morgan fingerprint density at radius 1 is 1.27 bits per heavy atom. The summed E-state index contributed by atoms with van der Waals surface area (Å²) in [6.07, 6.45) is 0. The van der Waals surface area contributed by atoms with E-state index in [4.69, 9.17) is 16.1 Å². The normalized spacial score (nSPS) is 23.8. The predicted molar refractivity (Wildman–Crippen MR) is 82.7 cm³/mol. The van der Waals surface area contributed by atoms with Gasteiger partial charge in [-0.3, -0.25) is 4.79 Å². The molecule has 1 N–H and O–H groups in total. The zero-order valence-corrected chi connectivity index (χ0v) is 12.7. The van der Waals surface area contributed by atoms with Crippen molar-refractivity contribution in [2.75, 3.05) is 26.2 Å². The molecule has 22 heavy (non-hydrogen) atoms. The van der Waals surface area contributed by atoms with Gasteiger partial charge in [-0.05, 0) is 24.0 Å². The fraction of sp³-hybridized carbons (Fsp3) is 0.375. The van der Waals surface area contributed by atoms with Crippen molar-refractivity contribution in [1.82, 2.24) is 15.4 Å². The summed E-state index contributed by atoms with van der Waals surface area (Å²) < 4.78 is 5.31. The number of nitrogens with one attached hydrogen (secondary N) is 1. The monoisotopic (exact) mass is 317 g/mol. The highest BCUT2D eigenvalue weighted by Crippen LogP contribution is 2.28. The molecule has 0 aliphatic carbocycles. The molecular weight excluding hydrogens is 302 g/mol. The molecule has 2 aliphatic rings. The number of aromatic nitrogens is 1. The Labute approximate surface area is 133 Å². The number of halogens is 1. The number of hydrogen-bond acceptors (Lipinski definition) is 4. The van der Waals surface area contributed by atoms with Crippen LogP contribution in [0.4, 0.5) is 0 Å². The summed E-state index contributed by atoms with van der Waals surface area (Å²) in [5.74, 6) is 1.66. The summed E-state index contributed by atoms with van der Waals surface area (Å²) in [6.45, 7) is 3.60. The van der Waals surface area contributed by atoms with E-state index in [1.165, 1.54) is 0 Å². The lowest BCUT2D eigenvalue weighted by Crippen LogP contribution is -2.32. The van der Waals surface area contributed by atoms with Crippen molar-refractivity contribution >= 4 is 17.5 Å². The van der Waals surface area contributed by atoms with Gasteiger partial charge in [-0.1, -0.05) is 28.9 Å². The first kappa shape index (κ1) is 13.8. The second-order valence-electron chi connectivity index (χ2n) is 5.98. The molecule has 2 fully saturated rings. The molecule has 2 saturated heterocycles. The van der Waals surface area contributed by atoms with Gasteiger partial charge in [0.05, 0.1) is 0 Å². The van der Waals surface area contributed by atoms with E-state index in [2.05, 4.69) is 10.5 Å². The average Bonchev–Trinajstić information content (AvgIpc) is 3.22. The van der Waals surface area contributed by atoms with Crippen molar-refractivity contribution < 1.29 is 9.32 Å².